The summed E-state index contributed by atoms with van der Waals surface area (Å²) >= 11 is 1.09. The minimum Gasteiger partial charge on any atom is -0.459 e. The van der Waals surface area contributed by atoms with Gasteiger partial charge in [0.25, 0.3) is 0 Å². The fraction of sp³-hybridized carbons (Fsp3) is 0.864. The van der Waals surface area contributed by atoms with Crippen LogP contribution in [0.3, 0.4) is 0 Å². The molecule has 0 aromatic heterocycles. The van der Waals surface area contributed by atoms with Gasteiger partial charge in [-0.3, -0.25) is 14.4 Å². The minimum atomic E-state index is -0.813. The zero-order valence-electron chi connectivity index (χ0n) is 20.2. The normalized spacial score (nSPS) is 22.3. The van der Waals surface area contributed by atoms with Crippen LogP contribution in [0.5, 0.6) is 0 Å². The molecule has 1 aliphatic rings. The van der Waals surface area contributed by atoms with Crippen LogP contribution in [0.4, 0.5) is 0 Å². The molecule has 180 valence electrons. The molecule has 0 aromatic carbocycles. The maximum absolute atomic E-state index is 12.6. The van der Waals surface area contributed by atoms with Crippen LogP contribution in [0, 0.1) is 11.3 Å². The summed E-state index contributed by atoms with van der Waals surface area (Å²) in [5.41, 5.74) is 5.07. The molecule has 0 spiro atoms. The summed E-state index contributed by atoms with van der Waals surface area (Å²) in [7, 11) is 0. The summed E-state index contributed by atoms with van der Waals surface area (Å²) in [4.78, 5) is 36.8. The predicted molar refractivity (Wildman–Crippen MR) is 121 cm³/mol. The molecule has 0 aromatic rings. The second kappa shape index (κ2) is 11.1. The Bertz CT molecular complexity index is 644. The SMILES string of the molecule is CC(C(=O)OC(C)(C)C)C(=O)SCCC(N)CCNC(=O)C1OC(C)(C)OCC1(C)C. The molecule has 0 saturated carbocycles. The molecule has 31 heavy (non-hydrogen) atoms. The van der Waals surface area contributed by atoms with Gasteiger partial charge < -0.3 is 25.3 Å². The van der Waals surface area contributed by atoms with Crippen molar-refractivity contribution >= 4 is 28.8 Å². The quantitative estimate of drug-likeness (QED) is 0.398. The van der Waals surface area contributed by atoms with E-state index in [4.69, 9.17) is 19.9 Å². The van der Waals surface area contributed by atoms with Gasteiger partial charge in [0.05, 0.1) is 6.61 Å². The van der Waals surface area contributed by atoms with Crippen molar-refractivity contribution in [3.8, 4) is 0 Å². The Hall–Kier alpha value is -1.16. The van der Waals surface area contributed by atoms with Crippen LogP contribution in [-0.4, -0.2) is 59.4 Å². The van der Waals surface area contributed by atoms with E-state index >= 15 is 0 Å². The molecule has 3 unspecified atom stereocenters. The van der Waals surface area contributed by atoms with Crippen molar-refractivity contribution in [3.05, 3.63) is 0 Å². The Morgan fingerprint density at radius 2 is 1.81 bits per heavy atom. The monoisotopic (exact) mass is 460 g/mol. The van der Waals surface area contributed by atoms with Gasteiger partial charge in [-0.15, -0.1) is 0 Å². The molecule has 1 saturated heterocycles. The van der Waals surface area contributed by atoms with E-state index in [1.165, 1.54) is 0 Å². The van der Waals surface area contributed by atoms with Crippen LogP contribution < -0.4 is 11.1 Å². The van der Waals surface area contributed by atoms with Gasteiger partial charge in [0.1, 0.15) is 17.6 Å². The lowest BCUT2D eigenvalue weighted by Gasteiger charge is -2.44. The Morgan fingerprint density at radius 1 is 1.19 bits per heavy atom. The van der Waals surface area contributed by atoms with E-state index in [1.807, 2.05) is 13.8 Å². The second-order valence-electron chi connectivity index (χ2n) is 10.2. The van der Waals surface area contributed by atoms with Gasteiger partial charge in [0, 0.05) is 23.8 Å². The highest BCUT2D eigenvalue weighted by molar-refractivity contribution is 8.13. The number of rotatable bonds is 9. The minimum absolute atomic E-state index is 0.169. The van der Waals surface area contributed by atoms with Crippen molar-refractivity contribution < 1.29 is 28.6 Å². The summed E-state index contributed by atoms with van der Waals surface area (Å²) in [5.74, 6) is -1.80. The molecule has 3 N–H and O–H groups in total. The molecule has 0 bridgehead atoms. The first-order valence-corrected chi connectivity index (χ1v) is 11.8. The van der Waals surface area contributed by atoms with E-state index in [9.17, 15) is 14.4 Å². The molecule has 1 rings (SSSR count). The van der Waals surface area contributed by atoms with E-state index in [2.05, 4.69) is 5.32 Å². The second-order valence-corrected chi connectivity index (χ2v) is 11.3. The zero-order chi connectivity index (χ0) is 24.0. The van der Waals surface area contributed by atoms with E-state index in [1.54, 1.807) is 41.5 Å². The van der Waals surface area contributed by atoms with E-state index in [0.29, 0.717) is 31.7 Å². The number of hydrogen-bond donors (Lipinski definition) is 2. The molecule has 9 heteroatoms. The number of amides is 1. The van der Waals surface area contributed by atoms with Gasteiger partial charge in [-0.05, 0) is 54.4 Å². The number of thioether (sulfide) groups is 1. The number of esters is 1. The number of carbonyl (C=O) groups excluding carboxylic acids is 3. The fourth-order valence-corrected chi connectivity index (χ4v) is 3.83. The van der Waals surface area contributed by atoms with Crippen LogP contribution in [0.1, 0.15) is 68.2 Å². The first-order chi connectivity index (χ1) is 14.0. The molecule has 1 amide bonds. The van der Waals surface area contributed by atoms with Crippen LogP contribution in [-0.2, 0) is 28.6 Å². The van der Waals surface area contributed by atoms with Gasteiger partial charge in [-0.1, -0.05) is 25.6 Å². The third-order valence-electron chi connectivity index (χ3n) is 4.80. The van der Waals surface area contributed by atoms with Crippen molar-refractivity contribution in [2.45, 2.75) is 91.8 Å². The average molecular weight is 461 g/mol. The molecule has 1 aliphatic heterocycles. The Labute approximate surface area is 190 Å². The van der Waals surface area contributed by atoms with Gasteiger partial charge in [-0.2, -0.15) is 0 Å². The number of nitrogens with one attached hydrogen (secondary N) is 1. The summed E-state index contributed by atoms with van der Waals surface area (Å²) < 4.78 is 16.7. The van der Waals surface area contributed by atoms with E-state index in [0.717, 1.165) is 11.8 Å². The Morgan fingerprint density at radius 3 is 2.39 bits per heavy atom. The van der Waals surface area contributed by atoms with Gasteiger partial charge >= 0.3 is 5.97 Å². The van der Waals surface area contributed by atoms with Crippen molar-refractivity contribution in [1.29, 1.82) is 0 Å². The lowest BCUT2D eigenvalue weighted by atomic mass is 9.85. The highest BCUT2D eigenvalue weighted by atomic mass is 32.2. The number of nitrogens with two attached hydrogens (primary N) is 1. The molecular weight excluding hydrogens is 420 g/mol. The van der Waals surface area contributed by atoms with Crippen LogP contribution in [0.25, 0.3) is 0 Å². The van der Waals surface area contributed by atoms with Gasteiger partial charge in [0.2, 0.25) is 11.0 Å². The highest BCUT2D eigenvalue weighted by Gasteiger charge is 2.45. The van der Waals surface area contributed by atoms with E-state index in [-0.39, 0.29) is 17.1 Å². The number of carbonyl (C=O) groups is 3. The predicted octanol–water partition coefficient (Wildman–Crippen LogP) is 2.63. The molecule has 0 aliphatic carbocycles. The number of ether oxygens (including phenoxy) is 3. The first kappa shape index (κ1) is 27.9. The Kier molecular flexibility index (Phi) is 10.00. The van der Waals surface area contributed by atoms with Crippen molar-refractivity contribution in [2.75, 3.05) is 18.9 Å². The number of hydrogen-bond acceptors (Lipinski definition) is 8. The smallest absolute Gasteiger partial charge is 0.317 e. The van der Waals surface area contributed by atoms with Crippen LogP contribution in [0.2, 0.25) is 0 Å². The lowest BCUT2D eigenvalue weighted by molar-refractivity contribution is -0.304. The summed E-state index contributed by atoms with van der Waals surface area (Å²) in [6, 6.07) is -0.169. The van der Waals surface area contributed by atoms with Gasteiger partial charge in [0.15, 0.2) is 5.79 Å². The molecule has 3 atom stereocenters. The molecular formula is C22H40N2O6S. The van der Waals surface area contributed by atoms with Crippen LogP contribution >= 0.6 is 11.8 Å². The largest absolute Gasteiger partial charge is 0.459 e. The third-order valence-corrected chi connectivity index (χ3v) is 5.88. The fourth-order valence-electron chi connectivity index (χ4n) is 2.86. The molecule has 1 heterocycles. The maximum atomic E-state index is 12.6. The Balaban J connectivity index is 2.33. The van der Waals surface area contributed by atoms with Gasteiger partial charge in [-0.25, -0.2) is 0 Å². The van der Waals surface area contributed by atoms with Crippen molar-refractivity contribution in [2.24, 2.45) is 17.1 Å². The zero-order valence-corrected chi connectivity index (χ0v) is 21.0. The summed E-state index contributed by atoms with van der Waals surface area (Å²) in [6.07, 6.45) is 0.573. The molecule has 1 fully saturated rings. The third kappa shape index (κ3) is 9.89. The first-order valence-electron chi connectivity index (χ1n) is 10.8. The van der Waals surface area contributed by atoms with E-state index < -0.39 is 34.8 Å². The average Bonchev–Trinajstić information content (AvgIpc) is 2.61. The van der Waals surface area contributed by atoms with Crippen molar-refractivity contribution in [3.63, 3.8) is 0 Å². The molecule has 0 radical (unpaired) electrons. The maximum Gasteiger partial charge on any atom is 0.317 e. The summed E-state index contributed by atoms with van der Waals surface area (Å²) in [6.45, 7) is 15.2. The highest BCUT2D eigenvalue weighted by Crippen LogP contribution is 2.34. The van der Waals surface area contributed by atoms with Crippen molar-refractivity contribution in [1.82, 2.24) is 5.32 Å². The topological polar surface area (TPSA) is 117 Å². The summed E-state index contributed by atoms with van der Waals surface area (Å²) in [5, 5.41) is 2.67. The van der Waals surface area contributed by atoms with Crippen LogP contribution in [0.15, 0.2) is 0 Å². The standard InChI is InChI=1S/C22H40N2O6S/c1-14(18(26)30-20(2,3)4)19(27)31-12-10-15(23)9-11-24-17(25)16-21(5,6)13-28-22(7,8)29-16/h14-16H,9-13,23H2,1-8H3,(H,24,25). The lowest BCUT2D eigenvalue weighted by Crippen LogP contribution is -2.56. The molecule has 8 nitrogen and oxygen atoms in total.